The van der Waals surface area contributed by atoms with Crippen molar-refractivity contribution in [3.63, 3.8) is 0 Å². The summed E-state index contributed by atoms with van der Waals surface area (Å²) >= 11 is 5.88. The molecule has 1 aromatic carbocycles. The number of aromatic nitrogens is 2. The standard InChI is InChI=1S/C19H23ClN4O2/c1-11(2)26-17-10-24(19(21)25)16(17)9-13-4-5-14(8-12(13)3)15-6-7-22-18(20)23-15/h4-8,11,16-17H,9-10H2,1-3H3,(H2,21,25). The lowest BCUT2D eigenvalue weighted by atomic mass is 9.89. The lowest BCUT2D eigenvalue weighted by Gasteiger charge is -2.47. The number of urea groups is 1. The van der Waals surface area contributed by atoms with E-state index in [9.17, 15) is 4.79 Å². The molecule has 0 aliphatic carbocycles. The molecule has 2 amide bonds. The average molecular weight is 375 g/mol. The summed E-state index contributed by atoms with van der Waals surface area (Å²) in [5, 5.41) is 0.226. The smallest absolute Gasteiger partial charge is 0.315 e. The highest BCUT2D eigenvalue weighted by Crippen LogP contribution is 2.28. The van der Waals surface area contributed by atoms with Crippen LogP contribution in [0.25, 0.3) is 11.3 Å². The summed E-state index contributed by atoms with van der Waals surface area (Å²) in [6.45, 7) is 6.59. The number of ether oxygens (including phenoxy) is 1. The van der Waals surface area contributed by atoms with Crippen LogP contribution < -0.4 is 5.73 Å². The second kappa shape index (κ2) is 7.60. The van der Waals surface area contributed by atoms with Gasteiger partial charge in [0, 0.05) is 11.8 Å². The highest BCUT2D eigenvalue weighted by atomic mass is 35.5. The van der Waals surface area contributed by atoms with Gasteiger partial charge in [-0.2, -0.15) is 0 Å². The first-order valence-electron chi connectivity index (χ1n) is 8.65. The van der Waals surface area contributed by atoms with Gasteiger partial charge in [-0.05, 0) is 62.1 Å². The third-order valence-electron chi connectivity index (χ3n) is 4.63. The van der Waals surface area contributed by atoms with Gasteiger partial charge in [-0.15, -0.1) is 0 Å². The van der Waals surface area contributed by atoms with E-state index in [0.29, 0.717) is 13.0 Å². The summed E-state index contributed by atoms with van der Waals surface area (Å²) in [6.07, 6.45) is 2.48. The zero-order valence-electron chi connectivity index (χ0n) is 15.1. The molecule has 0 saturated carbocycles. The summed E-state index contributed by atoms with van der Waals surface area (Å²) in [4.78, 5) is 21.5. The van der Waals surface area contributed by atoms with Crippen molar-refractivity contribution in [3.05, 3.63) is 46.9 Å². The fourth-order valence-corrected chi connectivity index (χ4v) is 3.44. The molecule has 3 rings (SSSR count). The first-order chi connectivity index (χ1) is 12.3. The maximum atomic E-state index is 11.6. The van der Waals surface area contributed by atoms with E-state index in [1.807, 2.05) is 32.9 Å². The molecule has 2 heterocycles. The van der Waals surface area contributed by atoms with E-state index < -0.39 is 6.03 Å². The maximum Gasteiger partial charge on any atom is 0.315 e. The first-order valence-corrected chi connectivity index (χ1v) is 9.03. The first kappa shape index (κ1) is 18.6. The van der Waals surface area contributed by atoms with E-state index >= 15 is 0 Å². The topological polar surface area (TPSA) is 81.3 Å². The molecule has 138 valence electrons. The van der Waals surface area contributed by atoms with Gasteiger partial charge in [-0.3, -0.25) is 0 Å². The van der Waals surface area contributed by atoms with Gasteiger partial charge >= 0.3 is 6.03 Å². The summed E-state index contributed by atoms with van der Waals surface area (Å²) < 4.78 is 5.92. The number of amides is 2. The van der Waals surface area contributed by atoms with E-state index in [4.69, 9.17) is 22.1 Å². The Labute approximate surface area is 158 Å². The van der Waals surface area contributed by atoms with Gasteiger partial charge in [0.05, 0.1) is 30.5 Å². The Kier molecular flexibility index (Phi) is 5.44. The molecule has 2 aromatic rings. The summed E-state index contributed by atoms with van der Waals surface area (Å²) in [7, 11) is 0. The predicted octanol–water partition coefficient (Wildman–Crippen LogP) is 3.20. The van der Waals surface area contributed by atoms with Gasteiger partial charge in [0.15, 0.2) is 0 Å². The molecule has 1 aromatic heterocycles. The van der Waals surface area contributed by atoms with Crippen LogP contribution in [0.4, 0.5) is 4.79 Å². The van der Waals surface area contributed by atoms with Crippen molar-refractivity contribution < 1.29 is 9.53 Å². The largest absolute Gasteiger partial charge is 0.372 e. The van der Waals surface area contributed by atoms with Crippen molar-refractivity contribution in [1.29, 1.82) is 0 Å². The number of benzene rings is 1. The SMILES string of the molecule is Cc1cc(-c2ccnc(Cl)n2)ccc1CC1C(OC(C)C)CN1C(N)=O. The number of aryl methyl sites for hydroxylation is 1. The predicted molar refractivity (Wildman–Crippen MR) is 101 cm³/mol. The molecule has 6 nitrogen and oxygen atoms in total. The minimum absolute atomic E-state index is 0.0160. The zero-order valence-corrected chi connectivity index (χ0v) is 15.9. The van der Waals surface area contributed by atoms with Gasteiger partial charge in [0.1, 0.15) is 0 Å². The number of carbonyl (C=O) groups excluding carboxylic acids is 1. The summed E-state index contributed by atoms with van der Waals surface area (Å²) in [5.41, 5.74) is 9.53. The summed E-state index contributed by atoms with van der Waals surface area (Å²) in [6, 6.07) is 7.53. The van der Waals surface area contributed by atoms with Crippen LogP contribution in [0.3, 0.4) is 0 Å². The van der Waals surface area contributed by atoms with Crippen LogP contribution in [-0.4, -0.2) is 45.7 Å². The molecular formula is C19H23ClN4O2. The second-order valence-electron chi connectivity index (χ2n) is 6.84. The minimum Gasteiger partial charge on any atom is -0.372 e. The van der Waals surface area contributed by atoms with Gasteiger partial charge < -0.3 is 15.4 Å². The molecule has 26 heavy (non-hydrogen) atoms. The number of halogens is 1. The van der Waals surface area contributed by atoms with Crippen LogP contribution in [-0.2, 0) is 11.2 Å². The normalized spacial score (nSPS) is 19.5. The molecule has 0 spiro atoms. The van der Waals surface area contributed by atoms with E-state index in [1.165, 1.54) is 0 Å². The van der Waals surface area contributed by atoms with Crippen molar-refractivity contribution in [2.75, 3.05) is 6.54 Å². The maximum absolute atomic E-state index is 11.6. The van der Waals surface area contributed by atoms with E-state index in [1.54, 1.807) is 11.1 Å². The molecule has 1 aliphatic heterocycles. The van der Waals surface area contributed by atoms with E-state index in [0.717, 1.165) is 22.4 Å². The molecule has 2 unspecified atom stereocenters. The Balaban J connectivity index is 1.79. The van der Waals surface area contributed by atoms with Crippen LogP contribution in [0, 0.1) is 6.92 Å². The Bertz CT molecular complexity index is 812. The highest BCUT2D eigenvalue weighted by Gasteiger charge is 2.42. The van der Waals surface area contributed by atoms with Crippen LogP contribution in [0.5, 0.6) is 0 Å². The molecule has 2 atom stereocenters. The van der Waals surface area contributed by atoms with Crippen LogP contribution in [0.1, 0.15) is 25.0 Å². The van der Waals surface area contributed by atoms with Gasteiger partial charge in [0.2, 0.25) is 5.28 Å². The van der Waals surface area contributed by atoms with Crippen molar-refractivity contribution in [3.8, 4) is 11.3 Å². The molecule has 1 aliphatic rings. The number of carbonyl (C=O) groups is 1. The fourth-order valence-electron chi connectivity index (χ4n) is 3.30. The quantitative estimate of drug-likeness (QED) is 0.815. The van der Waals surface area contributed by atoms with Crippen molar-refractivity contribution >= 4 is 17.6 Å². The molecule has 2 N–H and O–H groups in total. The number of nitrogens with two attached hydrogens (primary N) is 1. The van der Waals surface area contributed by atoms with Crippen molar-refractivity contribution in [1.82, 2.24) is 14.9 Å². The van der Waals surface area contributed by atoms with Gasteiger partial charge in [0.25, 0.3) is 0 Å². The third-order valence-corrected chi connectivity index (χ3v) is 4.81. The number of nitrogens with zero attached hydrogens (tertiary/aromatic N) is 3. The second-order valence-corrected chi connectivity index (χ2v) is 7.18. The molecule has 7 heteroatoms. The number of likely N-dealkylation sites (tertiary alicyclic amines) is 1. The van der Waals surface area contributed by atoms with Crippen LogP contribution in [0.15, 0.2) is 30.5 Å². The lowest BCUT2D eigenvalue weighted by Crippen LogP contribution is -2.65. The third kappa shape index (κ3) is 3.97. The Morgan fingerprint density at radius 2 is 2.19 bits per heavy atom. The Hall–Kier alpha value is -2.18. The number of hydrogen-bond acceptors (Lipinski definition) is 4. The van der Waals surface area contributed by atoms with Crippen molar-refractivity contribution in [2.45, 2.75) is 45.4 Å². The van der Waals surface area contributed by atoms with Gasteiger partial charge in [-0.1, -0.05) is 12.1 Å². The molecular weight excluding hydrogens is 352 g/mol. The Morgan fingerprint density at radius 1 is 1.42 bits per heavy atom. The van der Waals surface area contributed by atoms with E-state index in [2.05, 4.69) is 22.1 Å². The highest BCUT2D eigenvalue weighted by molar-refractivity contribution is 6.28. The zero-order chi connectivity index (χ0) is 18.8. The minimum atomic E-state index is -0.400. The summed E-state index contributed by atoms with van der Waals surface area (Å²) in [5.74, 6) is 0. The van der Waals surface area contributed by atoms with Crippen molar-refractivity contribution in [2.24, 2.45) is 5.73 Å². The molecule has 1 fully saturated rings. The Morgan fingerprint density at radius 3 is 2.81 bits per heavy atom. The van der Waals surface area contributed by atoms with E-state index in [-0.39, 0.29) is 23.5 Å². The fraction of sp³-hybridized carbons (Fsp3) is 0.421. The number of rotatable bonds is 5. The molecule has 0 radical (unpaired) electrons. The average Bonchev–Trinajstić information content (AvgIpc) is 2.56. The number of primary amides is 1. The number of hydrogen-bond donors (Lipinski definition) is 1. The van der Waals surface area contributed by atoms with Crippen LogP contribution in [0.2, 0.25) is 5.28 Å². The molecule has 0 bridgehead atoms. The van der Waals surface area contributed by atoms with Crippen LogP contribution >= 0.6 is 11.6 Å². The monoisotopic (exact) mass is 374 g/mol. The molecule has 1 saturated heterocycles. The lowest BCUT2D eigenvalue weighted by molar-refractivity contribution is -0.103. The van der Waals surface area contributed by atoms with Gasteiger partial charge in [-0.25, -0.2) is 14.8 Å².